The van der Waals surface area contributed by atoms with Gasteiger partial charge < -0.3 is 4.74 Å². The van der Waals surface area contributed by atoms with E-state index in [1.165, 1.54) is 11.1 Å². The van der Waals surface area contributed by atoms with Gasteiger partial charge in [-0.3, -0.25) is 4.79 Å². The lowest BCUT2D eigenvalue weighted by Crippen LogP contribution is -2.53. The number of methoxy groups -OCH3 is 1. The van der Waals surface area contributed by atoms with Crippen molar-refractivity contribution in [3.8, 4) is 5.75 Å². The van der Waals surface area contributed by atoms with Crippen LogP contribution in [0.2, 0.25) is 0 Å². The van der Waals surface area contributed by atoms with E-state index in [2.05, 4.69) is 26.0 Å². The van der Waals surface area contributed by atoms with Crippen molar-refractivity contribution in [3.63, 3.8) is 0 Å². The summed E-state index contributed by atoms with van der Waals surface area (Å²) in [7, 11) is 1.70. The third-order valence-electron chi connectivity index (χ3n) is 5.21. The summed E-state index contributed by atoms with van der Waals surface area (Å²) >= 11 is 0. The molecule has 0 heterocycles. The van der Waals surface area contributed by atoms with Crippen LogP contribution in [0.25, 0.3) is 0 Å². The van der Waals surface area contributed by atoms with Crippen molar-refractivity contribution >= 4 is 5.78 Å². The first-order chi connectivity index (χ1) is 8.67. The zero-order valence-corrected chi connectivity index (χ0v) is 11.3. The van der Waals surface area contributed by atoms with Gasteiger partial charge in [-0.05, 0) is 42.5 Å². The van der Waals surface area contributed by atoms with Gasteiger partial charge in [-0.15, -0.1) is 0 Å². The van der Waals surface area contributed by atoms with E-state index in [1.807, 2.05) is 6.07 Å². The fourth-order valence-electron chi connectivity index (χ4n) is 4.14. The lowest BCUT2D eigenvalue weighted by Gasteiger charge is -2.50. The number of hydrogen-bond donors (Lipinski definition) is 0. The summed E-state index contributed by atoms with van der Waals surface area (Å²) in [6, 6.07) is 6.29. The predicted octanol–water partition coefficient (Wildman–Crippen LogP) is 3.34. The summed E-state index contributed by atoms with van der Waals surface area (Å²) in [4.78, 5) is 12.4. The molecule has 1 aromatic carbocycles. The van der Waals surface area contributed by atoms with E-state index < -0.39 is 0 Å². The summed E-state index contributed by atoms with van der Waals surface area (Å²) in [6.45, 7) is 4.30. The van der Waals surface area contributed by atoms with Crippen LogP contribution in [0.4, 0.5) is 0 Å². The maximum absolute atomic E-state index is 12.4. The monoisotopic (exact) mass is 244 g/mol. The Labute approximate surface area is 108 Å². The molecule has 0 aromatic heterocycles. The smallest absolute Gasteiger partial charge is 0.143 e. The second-order valence-electron chi connectivity index (χ2n) is 5.58. The molecule has 2 unspecified atom stereocenters. The number of fused-ring (bicyclic) bond motifs is 3. The molecule has 18 heavy (non-hydrogen) atoms. The van der Waals surface area contributed by atoms with Crippen molar-refractivity contribution in [2.24, 2.45) is 11.3 Å². The third-order valence-corrected chi connectivity index (χ3v) is 5.21. The molecule has 3 rings (SSSR count). The van der Waals surface area contributed by atoms with Gasteiger partial charge in [0.25, 0.3) is 0 Å². The van der Waals surface area contributed by atoms with Crippen LogP contribution in [-0.2, 0) is 11.2 Å². The average molecular weight is 244 g/mol. The molecule has 0 radical (unpaired) electrons. The van der Waals surface area contributed by atoms with E-state index in [4.69, 9.17) is 4.74 Å². The van der Waals surface area contributed by atoms with Crippen LogP contribution in [0.5, 0.6) is 5.75 Å². The van der Waals surface area contributed by atoms with Crippen LogP contribution in [0.1, 0.15) is 43.7 Å². The lowest BCUT2D eigenvalue weighted by atomic mass is 9.50. The minimum Gasteiger partial charge on any atom is -0.497 e. The second kappa shape index (κ2) is 3.84. The van der Waals surface area contributed by atoms with Crippen LogP contribution in [0.3, 0.4) is 0 Å². The molecule has 0 N–H and O–H groups in total. The van der Waals surface area contributed by atoms with Gasteiger partial charge in [-0.2, -0.15) is 0 Å². The molecule has 1 fully saturated rings. The number of carbonyl (C=O) groups excluding carboxylic acids is 1. The van der Waals surface area contributed by atoms with E-state index in [1.54, 1.807) is 7.11 Å². The Kier molecular flexibility index (Phi) is 2.51. The van der Waals surface area contributed by atoms with Gasteiger partial charge in [0.1, 0.15) is 11.5 Å². The summed E-state index contributed by atoms with van der Waals surface area (Å²) < 4.78 is 5.32. The van der Waals surface area contributed by atoms with Crippen molar-refractivity contribution in [1.82, 2.24) is 0 Å². The average Bonchev–Trinajstić information content (AvgIpc) is 2.76. The second-order valence-corrected chi connectivity index (χ2v) is 5.58. The van der Waals surface area contributed by atoms with Gasteiger partial charge in [-0.1, -0.05) is 19.9 Å². The highest BCUT2D eigenvalue weighted by atomic mass is 16.5. The van der Waals surface area contributed by atoms with Gasteiger partial charge in [0, 0.05) is 17.3 Å². The highest BCUT2D eigenvalue weighted by molar-refractivity contribution is 5.97. The molecule has 0 saturated heterocycles. The lowest BCUT2D eigenvalue weighted by molar-refractivity contribution is -0.149. The summed E-state index contributed by atoms with van der Waals surface area (Å²) in [5.41, 5.74) is 2.62. The van der Waals surface area contributed by atoms with E-state index in [9.17, 15) is 4.79 Å². The van der Waals surface area contributed by atoms with Crippen LogP contribution < -0.4 is 4.74 Å². The van der Waals surface area contributed by atoms with E-state index in [-0.39, 0.29) is 11.3 Å². The number of rotatable bonds is 3. The molecule has 0 amide bonds. The van der Waals surface area contributed by atoms with E-state index >= 15 is 0 Å². The summed E-state index contributed by atoms with van der Waals surface area (Å²) in [6.07, 6.45) is 2.85. The molecule has 0 aliphatic heterocycles. The fourth-order valence-corrected chi connectivity index (χ4v) is 4.14. The molecule has 0 bridgehead atoms. The summed E-state index contributed by atoms with van der Waals surface area (Å²) in [5, 5.41) is 0. The Morgan fingerprint density at radius 1 is 1.33 bits per heavy atom. The Hall–Kier alpha value is -1.31. The van der Waals surface area contributed by atoms with Crippen molar-refractivity contribution in [2.45, 2.75) is 39.0 Å². The molecule has 1 aromatic rings. The Morgan fingerprint density at radius 3 is 2.67 bits per heavy atom. The zero-order valence-electron chi connectivity index (χ0n) is 11.3. The minimum absolute atomic E-state index is 0.0950. The number of ether oxygens (including phenoxy) is 1. The van der Waals surface area contributed by atoms with Crippen LogP contribution >= 0.6 is 0 Å². The molecule has 2 atom stereocenters. The molecule has 2 aliphatic carbocycles. The molecular formula is C16H20O2. The molecular weight excluding hydrogens is 224 g/mol. The van der Waals surface area contributed by atoms with Crippen LogP contribution in [-0.4, -0.2) is 12.9 Å². The van der Waals surface area contributed by atoms with Gasteiger partial charge in [0.15, 0.2) is 0 Å². The SMILES string of the molecule is CCC1(CC)C(=O)C2Cc3ccc(OC)cc3C21. The van der Waals surface area contributed by atoms with Crippen LogP contribution in [0.15, 0.2) is 18.2 Å². The number of Topliss-reactive ketones (excluding diaryl/α,β-unsaturated/α-hetero) is 1. The maximum atomic E-state index is 12.4. The van der Waals surface area contributed by atoms with Crippen LogP contribution in [0, 0.1) is 11.3 Å². The van der Waals surface area contributed by atoms with Gasteiger partial charge in [0.2, 0.25) is 0 Å². The van der Waals surface area contributed by atoms with Crippen molar-refractivity contribution in [2.75, 3.05) is 7.11 Å². The van der Waals surface area contributed by atoms with Gasteiger partial charge >= 0.3 is 0 Å². The third kappa shape index (κ3) is 1.21. The summed E-state index contributed by atoms with van der Waals surface area (Å²) in [5.74, 6) is 2.08. The first kappa shape index (κ1) is 11.8. The predicted molar refractivity (Wildman–Crippen MR) is 71.0 cm³/mol. The fraction of sp³-hybridized carbons (Fsp3) is 0.562. The molecule has 1 saturated carbocycles. The highest BCUT2D eigenvalue weighted by Crippen LogP contribution is 2.63. The standard InChI is InChI=1S/C16H20O2/c1-4-16(5-2)14-12-9-11(18-3)7-6-10(12)8-13(14)15(16)17/h6-7,9,13-14H,4-5,8H2,1-3H3. The number of benzene rings is 1. The van der Waals surface area contributed by atoms with Gasteiger partial charge in [-0.25, -0.2) is 0 Å². The first-order valence-corrected chi connectivity index (χ1v) is 6.89. The molecule has 0 spiro atoms. The molecule has 96 valence electrons. The highest BCUT2D eigenvalue weighted by Gasteiger charge is 2.62. The van der Waals surface area contributed by atoms with Crippen molar-refractivity contribution in [1.29, 1.82) is 0 Å². The molecule has 2 heteroatoms. The molecule has 2 aliphatic rings. The quantitative estimate of drug-likeness (QED) is 0.815. The number of carbonyl (C=O) groups is 1. The maximum Gasteiger partial charge on any atom is 0.143 e. The Bertz CT molecular complexity index is 500. The minimum atomic E-state index is -0.0950. The first-order valence-electron chi connectivity index (χ1n) is 6.89. The number of ketones is 1. The van der Waals surface area contributed by atoms with Crippen molar-refractivity contribution < 1.29 is 9.53 Å². The largest absolute Gasteiger partial charge is 0.497 e. The Morgan fingerprint density at radius 2 is 2.06 bits per heavy atom. The van der Waals surface area contributed by atoms with E-state index in [0.29, 0.717) is 11.7 Å². The Balaban J connectivity index is 2.06. The van der Waals surface area contributed by atoms with Crippen molar-refractivity contribution in [3.05, 3.63) is 29.3 Å². The normalized spacial score (nSPS) is 27.4. The zero-order chi connectivity index (χ0) is 12.9. The molecule has 2 nitrogen and oxygen atoms in total. The number of hydrogen-bond acceptors (Lipinski definition) is 2. The topological polar surface area (TPSA) is 26.3 Å². The van der Waals surface area contributed by atoms with Gasteiger partial charge in [0.05, 0.1) is 7.11 Å². The van der Waals surface area contributed by atoms with E-state index in [0.717, 1.165) is 25.0 Å².